The number of nitrogens with zero attached hydrogens (tertiary/aromatic N) is 3. The van der Waals surface area contributed by atoms with Gasteiger partial charge in [-0.05, 0) is 12.1 Å². The van der Waals surface area contributed by atoms with Gasteiger partial charge in [-0.2, -0.15) is 8.42 Å². The molecule has 0 atom stereocenters. The molecule has 2 aromatic rings. The third-order valence-electron chi connectivity index (χ3n) is 2.58. The standard InChI is InChI=1S/C11H14N4O2S/c1-14-7-11(13-8-14)18(16,17)15(2)10-6-4-3-5-9(10)12/h3-8H,12H2,1-2H3. The molecule has 0 spiro atoms. The summed E-state index contributed by atoms with van der Waals surface area (Å²) in [5, 5.41) is -0.00393. The van der Waals surface area contributed by atoms with Crippen molar-refractivity contribution in [3.63, 3.8) is 0 Å². The van der Waals surface area contributed by atoms with Gasteiger partial charge in [0.15, 0.2) is 5.03 Å². The summed E-state index contributed by atoms with van der Waals surface area (Å²) in [6, 6.07) is 6.78. The third kappa shape index (κ3) is 2.04. The molecule has 1 aromatic heterocycles. The second-order valence-corrected chi connectivity index (χ2v) is 5.82. The maximum atomic E-state index is 12.3. The van der Waals surface area contributed by atoms with Crippen LogP contribution in [-0.4, -0.2) is 25.0 Å². The van der Waals surface area contributed by atoms with Gasteiger partial charge < -0.3 is 10.3 Å². The van der Waals surface area contributed by atoms with E-state index in [2.05, 4.69) is 4.98 Å². The Kier molecular flexibility index (Phi) is 3.00. The van der Waals surface area contributed by atoms with E-state index in [1.165, 1.54) is 19.6 Å². The minimum absolute atomic E-state index is 0.00393. The van der Waals surface area contributed by atoms with E-state index in [1.807, 2.05) is 0 Å². The zero-order chi connectivity index (χ0) is 13.3. The van der Waals surface area contributed by atoms with Gasteiger partial charge in [-0.3, -0.25) is 4.31 Å². The Morgan fingerprint density at radius 1 is 1.33 bits per heavy atom. The quantitative estimate of drug-likeness (QED) is 0.834. The van der Waals surface area contributed by atoms with E-state index in [-0.39, 0.29) is 5.03 Å². The highest BCUT2D eigenvalue weighted by molar-refractivity contribution is 7.92. The normalized spacial score (nSPS) is 11.4. The van der Waals surface area contributed by atoms with Crippen LogP contribution >= 0.6 is 0 Å². The minimum atomic E-state index is -3.67. The van der Waals surface area contributed by atoms with Gasteiger partial charge in [0.25, 0.3) is 10.0 Å². The number of hydrogen-bond donors (Lipinski definition) is 1. The van der Waals surface area contributed by atoms with Gasteiger partial charge in [0, 0.05) is 20.3 Å². The van der Waals surface area contributed by atoms with Crippen molar-refractivity contribution in [2.45, 2.75) is 5.03 Å². The maximum Gasteiger partial charge on any atom is 0.283 e. The molecular formula is C11H14N4O2S. The summed E-state index contributed by atoms with van der Waals surface area (Å²) in [5.74, 6) is 0. The Morgan fingerprint density at radius 3 is 2.56 bits per heavy atom. The average molecular weight is 266 g/mol. The molecule has 0 unspecified atom stereocenters. The number of nitrogens with two attached hydrogens (primary N) is 1. The maximum absolute atomic E-state index is 12.3. The Morgan fingerprint density at radius 2 is 2.00 bits per heavy atom. The number of aryl methyl sites for hydroxylation is 1. The van der Waals surface area contributed by atoms with Crippen LogP contribution in [0.1, 0.15) is 0 Å². The molecule has 18 heavy (non-hydrogen) atoms. The molecule has 1 heterocycles. The SMILES string of the molecule is CN(c1ccccc1N)S(=O)(=O)c1cn(C)cn1. The number of hydrogen-bond acceptors (Lipinski definition) is 4. The van der Waals surface area contributed by atoms with Crippen molar-refractivity contribution >= 4 is 21.4 Å². The van der Waals surface area contributed by atoms with Crippen LogP contribution in [0, 0.1) is 0 Å². The van der Waals surface area contributed by atoms with Crippen molar-refractivity contribution in [3.8, 4) is 0 Å². The molecule has 2 N–H and O–H groups in total. The molecule has 0 saturated carbocycles. The van der Waals surface area contributed by atoms with Crippen LogP contribution < -0.4 is 10.0 Å². The number of imidazole rings is 1. The van der Waals surface area contributed by atoms with Gasteiger partial charge in [0.05, 0.1) is 17.7 Å². The molecule has 1 aromatic carbocycles. The largest absolute Gasteiger partial charge is 0.397 e. The van der Waals surface area contributed by atoms with E-state index in [0.717, 1.165) is 4.31 Å². The number of aromatic nitrogens is 2. The Bertz CT molecular complexity index is 663. The van der Waals surface area contributed by atoms with E-state index < -0.39 is 10.0 Å². The molecule has 2 rings (SSSR count). The van der Waals surface area contributed by atoms with Crippen LogP contribution in [0.15, 0.2) is 41.8 Å². The molecule has 0 aliphatic rings. The van der Waals surface area contributed by atoms with Crippen LogP contribution in [0.5, 0.6) is 0 Å². The molecule has 0 fully saturated rings. The molecule has 0 radical (unpaired) electrons. The van der Waals surface area contributed by atoms with Crippen LogP contribution in [0.3, 0.4) is 0 Å². The van der Waals surface area contributed by atoms with E-state index in [1.54, 1.807) is 35.9 Å². The van der Waals surface area contributed by atoms with Crippen LogP contribution in [0.25, 0.3) is 0 Å². The van der Waals surface area contributed by atoms with Gasteiger partial charge in [-0.15, -0.1) is 0 Å². The number of nitrogen functional groups attached to an aromatic ring is 1. The number of rotatable bonds is 3. The first kappa shape index (κ1) is 12.4. The predicted molar refractivity (Wildman–Crippen MR) is 69.7 cm³/mol. The summed E-state index contributed by atoms with van der Waals surface area (Å²) in [4.78, 5) is 3.86. The van der Waals surface area contributed by atoms with Crippen LogP contribution in [0.4, 0.5) is 11.4 Å². The fourth-order valence-electron chi connectivity index (χ4n) is 1.57. The van der Waals surface area contributed by atoms with Crippen LogP contribution in [-0.2, 0) is 17.1 Å². The predicted octanol–water partition coefficient (Wildman–Crippen LogP) is 0.827. The van der Waals surface area contributed by atoms with E-state index in [0.29, 0.717) is 11.4 Å². The number of para-hydroxylation sites is 2. The van der Waals surface area contributed by atoms with Gasteiger partial charge in [-0.25, -0.2) is 4.98 Å². The lowest BCUT2D eigenvalue weighted by molar-refractivity contribution is 0.591. The summed E-state index contributed by atoms with van der Waals surface area (Å²) in [6.45, 7) is 0. The van der Waals surface area contributed by atoms with Crippen molar-refractivity contribution in [2.75, 3.05) is 17.1 Å². The van der Waals surface area contributed by atoms with Gasteiger partial charge in [0.2, 0.25) is 0 Å². The lowest BCUT2D eigenvalue weighted by atomic mass is 10.3. The molecular weight excluding hydrogens is 252 g/mol. The Hall–Kier alpha value is -2.02. The second-order valence-electron chi connectivity index (χ2n) is 3.91. The molecule has 0 bridgehead atoms. The first-order valence-corrected chi connectivity index (χ1v) is 6.68. The summed E-state index contributed by atoms with van der Waals surface area (Å²) in [6.07, 6.45) is 2.89. The topological polar surface area (TPSA) is 81.2 Å². The van der Waals surface area contributed by atoms with Crippen molar-refractivity contribution in [3.05, 3.63) is 36.8 Å². The number of anilines is 2. The molecule has 0 amide bonds. The monoisotopic (exact) mass is 266 g/mol. The molecule has 6 nitrogen and oxygen atoms in total. The highest BCUT2D eigenvalue weighted by Gasteiger charge is 2.24. The molecule has 96 valence electrons. The molecule has 0 saturated heterocycles. The van der Waals surface area contributed by atoms with Crippen molar-refractivity contribution in [1.82, 2.24) is 9.55 Å². The van der Waals surface area contributed by atoms with Gasteiger partial charge in [0.1, 0.15) is 0 Å². The smallest absolute Gasteiger partial charge is 0.283 e. The highest BCUT2D eigenvalue weighted by Crippen LogP contribution is 2.26. The zero-order valence-electron chi connectivity index (χ0n) is 10.1. The fraction of sp³-hybridized carbons (Fsp3) is 0.182. The zero-order valence-corrected chi connectivity index (χ0v) is 10.9. The van der Waals surface area contributed by atoms with Crippen LogP contribution in [0.2, 0.25) is 0 Å². The summed E-state index contributed by atoms with van der Waals surface area (Å²) in [7, 11) is -0.507. The highest BCUT2D eigenvalue weighted by atomic mass is 32.2. The number of benzene rings is 1. The molecule has 0 aliphatic heterocycles. The van der Waals surface area contributed by atoms with Gasteiger partial charge in [-0.1, -0.05) is 12.1 Å². The third-order valence-corrected chi connectivity index (χ3v) is 4.24. The Labute approximate surface area is 106 Å². The average Bonchev–Trinajstić information content (AvgIpc) is 2.76. The van der Waals surface area contributed by atoms with Crippen molar-refractivity contribution in [1.29, 1.82) is 0 Å². The van der Waals surface area contributed by atoms with Crippen molar-refractivity contribution in [2.24, 2.45) is 7.05 Å². The minimum Gasteiger partial charge on any atom is -0.397 e. The second kappa shape index (κ2) is 4.34. The van der Waals surface area contributed by atoms with E-state index in [4.69, 9.17) is 5.73 Å². The molecule has 0 aliphatic carbocycles. The fourth-order valence-corrected chi connectivity index (χ4v) is 2.75. The first-order chi connectivity index (χ1) is 8.43. The lowest BCUT2D eigenvalue weighted by Crippen LogP contribution is -2.27. The summed E-state index contributed by atoms with van der Waals surface area (Å²) >= 11 is 0. The summed E-state index contributed by atoms with van der Waals surface area (Å²) in [5.41, 5.74) is 6.61. The molecule has 7 heteroatoms. The van der Waals surface area contributed by atoms with Crippen molar-refractivity contribution < 1.29 is 8.42 Å². The lowest BCUT2D eigenvalue weighted by Gasteiger charge is -2.19. The van der Waals surface area contributed by atoms with Gasteiger partial charge >= 0.3 is 0 Å². The number of sulfonamides is 1. The van der Waals surface area contributed by atoms with E-state index in [9.17, 15) is 8.42 Å². The summed E-state index contributed by atoms with van der Waals surface area (Å²) < 4.78 is 27.3. The first-order valence-electron chi connectivity index (χ1n) is 5.24. The Balaban J connectivity index is 2.46. The van der Waals surface area contributed by atoms with E-state index >= 15 is 0 Å².